The summed E-state index contributed by atoms with van der Waals surface area (Å²) in [5.41, 5.74) is 3.77. The number of amides is 1. The smallest absolute Gasteiger partial charge is 0.306 e. The number of unbranched alkanes of at least 4 members (excludes halogenated alkanes) is 5. The SMILES string of the molecule is CCCC(=O)OCc1ccc(N(C)C)c(NC(=O)CCCCCCCCN(C)C=Cc2ccccc2)c1. The third-order valence-corrected chi connectivity index (χ3v) is 6.16. The Kier molecular flexibility index (Phi) is 13.9. The summed E-state index contributed by atoms with van der Waals surface area (Å²) >= 11 is 0. The maximum atomic E-state index is 12.6. The van der Waals surface area contributed by atoms with Crippen molar-refractivity contribution in [3.8, 4) is 0 Å². The Labute approximate surface area is 223 Å². The highest BCUT2D eigenvalue weighted by Gasteiger charge is 2.11. The molecule has 0 heterocycles. The predicted octanol–water partition coefficient (Wildman–Crippen LogP) is 6.87. The van der Waals surface area contributed by atoms with Gasteiger partial charge in [-0.05, 0) is 54.8 Å². The van der Waals surface area contributed by atoms with Gasteiger partial charge >= 0.3 is 5.97 Å². The van der Waals surface area contributed by atoms with Crippen LogP contribution in [0.1, 0.15) is 75.8 Å². The van der Waals surface area contributed by atoms with E-state index in [1.54, 1.807) is 0 Å². The maximum absolute atomic E-state index is 12.6. The zero-order valence-corrected chi connectivity index (χ0v) is 23.2. The summed E-state index contributed by atoms with van der Waals surface area (Å²) in [6.45, 7) is 3.22. The Morgan fingerprint density at radius 2 is 1.59 bits per heavy atom. The molecule has 0 atom stereocenters. The van der Waals surface area contributed by atoms with Crippen LogP contribution in [0.15, 0.2) is 54.7 Å². The Balaban J connectivity index is 1.64. The molecule has 0 aliphatic rings. The molecule has 2 aromatic rings. The van der Waals surface area contributed by atoms with Crippen molar-refractivity contribution < 1.29 is 14.3 Å². The molecule has 0 unspecified atom stereocenters. The quantitative estimate of drug-likeness (QED) is 0.187. The Hall–Kier alpha value is -3.28. The average molecular weight is 508 g/mol. The highest BCUT2D eigenvalue weighted by Crippen LogP contribution is 2.26. The van der Waals surface area contributed by atoms with Gasteiger partial charge in [0.25, 0.3) is 0 Å². The summed E-state index contributed by atoms with van der Waals surface area (Å²) in [4.78, 5) is 28.5. The normalized spacial score (nSPS) is 10.9. The molecule has 0 radical (unpaired) electrons. The number of hydrogen-bond acceptors (Lipinski definition) is 5. The van der Waals surface area contributed by atoms with E-state index in [1.165, 1.54) is 24.8 Å². The molecule has 6 nitrogen and oxygen atoms in total. The fourth-order valence-electron chi connectivity index (χ4n) is 4.02. The first-order chi connectivity index (χ1) is 17.9. The van der Waals surface area contributed by atoms with Crippen molar-refractivity contribution in [1.29, 1.82) is 0 Å². The van der Waals surface area contributed by atoms with E-state index in [4.69, 9.17) is 4.74 Å². The van der Waals surface area contributed by atoms with Crippen molar-refractivity contribution in [3.05, 3.63) is 65.9 Å². The fraction of sp³-hybridized carbons (Fsp3) is 0.484. The van der Waals surface area contributed by atoms with E-state index in [0.29, 0.717) is 12.8 Å². The van der Waals surface area contributed by atoms with Crippen LogP contribution in [0.5, 0.6) is 0 Å². The Morgan fingerprint density at radius 3 is 2.30 bits per heavy atom. The van der Waals surface area contributed by atoms with Crippen LogP contribution < -0.4 is 10.2 Å². The molecule has 0 saturated heterocycles. The Morgan fingerprint density at radius 1 is 0.892 bits per heavy atom. The molecule has 37 heavy (non-hydrogen) atoms. The lowest BCUT2D eigenvalue weighted by molar-refractivity contribution is -0.145. The van der Waals surface area contributed by atoms with E-state index >= 15 is 0 Å². The van der Waals surface area contributed by atoms with E-state index in [1.807, 2.05) is 50.2 Å². The number of ether oxygens (including phenoxy) is 1. The van der Waals surface area contributed by atoms with Gasteiger partial charge in [0.05, 0.1) is 11.4 Å². The minimum Gasteiger partial charge on any atom is -0.461 e. The number of benzene rings is 2. The van der Waals surface area contributed by atoms with Gasteiger partial charge in [0.2, 0.25) is 5.91 Å². The molecule has 0 aliphatic heterocycles. The standard InChI is InChI=1S/C31H45N3O3/c1-5-15-31(36)37-25-27-19-20-29(33(2)3)28(24-27)32-30(35)18-13-8-6-7-9-14-22-34(4)23-21-26-16-11-10-12-17-26/h10-12,16-17,19-21,23-24H,5-9,13-15,18,22,25H2,1-4H3,(H,32,35). The van der Waals surface area contributed by atoms with Crippen LogP contribution in [-0.2, 0) is 20.9 Å². The minimum atomic E-state index is -0.198. The summed E-state index contributed by atoms with van der Waals surface area (Å²) in [5.74, 6) is -0.174. The first kappa shape index (κ1) is 29.9. The second kappa shape index (κ2) is 17.2. The van der Waals surface area contributed by atoms with E-state index in [0.717, 1.165) is 49.2 Å². The number of esters is 1. The van der Waals surface area contributed by atoms with Crippen LogP contribution in [0.3, 0.4) is 0 Å². The number of rotatable bonds is 17. The van der Waals surface area contributed by atoms with Gasteiger partial charge in [-0.25, -0.2) is 0 Å². The van der Waals surface area contributed by atoms with Crippen LogP contribution in [0.4, 0.5) is 11.4 Å². The second-order valence-corrected chi connectivity index (χ2v) is 9.78. The lowest BCUT2D eigenvalue weighted by Crippen LogP contribution is -2.17. The number of carbonyl (C=O) groups excluding carboxylic acids is 2. The van der Waals surface area contributed by atoms with Crippen LogP contribution in [0, 0.1) is 0 Å². The van der Waals surface area contributed by atoms with Crippen LogP contribution in [0.2, 0.25) is 0 Å². The van der Waals surface area contributed by atoms with Gasteiger partial charge in [-0.1, -0.05) is 69.0 Å². The highest BCUT2D eigenvalue weighted by molar-refractivity contribution is 5.94. The number of nitrogens with one attached hydrogen (secondary N) is 1. The van der Waals surface area contributed by atoms with E-state index in [2.05, 4.69) is 53.8 Å². The summed E-state index contributed by atoms with van der Waals surface area (Å²) in [5, 5.41) is 3.06. The van der Waals surface area contributed by atoms with E-state index in [-0.39, 0.29) is 18.5 Å². The zero-order valence-electron chi connectivity index (χ0n) is 23.2. The number of hydrogen-bond donors (Lipinski definition) is 1. The largest absolute Gasteiger partial charge is 0.461 e. The second-order valence-electron chi connectivity index (χ2n) is 9.78. The van der Waals surface area contributed by atoms with Gasteiger partial charge in [0.15, 0.2) is 0 Å². The number of anilines is 2. The van der Waals surface area contributed by atoms with E-state index in [9.17, 15) is 9.59 Å². The first-order valence-corrected chi connectivity index (χ1v) is 13.6. The van der Waals surface area contributed by atoms with Gasteiger partial charge in [0.1, 0.15) is 6.61 Å². The molecule has 1 amide bonds. The summed E-state index contributed by atoms with van der Waals surface area (Å²) in [6.07, 6.45) is 12.7. The molecule has 0 saturated carbocycles. The first-order valence-electron chi connectivity index (χ1n) is 13.6. The predicted molar refractivity (Wildman–Crippen MR) is 155 cm³/mol. The third-order valence-electron chi connectivity index (χ3n) is 6.16. The monoisotopic (exact) mass is 507 g/mol. The maximum Gasteiger partial charge on any atom is 0.306 e. The minimum absolute atomic E-state index is 0.0232. The Bertz CT molecular complexity index is 973. The molecule has 0 aromatic heterocycles. The molecule has 0 aliphatic carbocycles. The van der Waals surface area contributed by atoms with Crippen molar-refractivity contribution in [2.24, 2.45) is 0 Å². The van der Waals surface area contributed by atoms with Gasteiger partial charge in [-0.3, -0.25) is 9.59 Å². The molecular weight excluding hydrogens is 462 g/mol. The zero-order chi connectivity index (χ0) is 26.9. The van der Waals surface area contributed by atoms with E-state index < -0.39 is 0 Å². The molecule has 202 valence electrons. The fourth-order valence-corrected chi connectivity index (χ4v) is 4.02. The highest BCUT2D eigenvalue weighted by atomic mass is 16.5. The van der Waals surface area contributed by atoms with Crippen molar-refractivity contribution in [2.75, 3.05) is 37.9 Å². The molecule has 0 fully saturated rings. The van der Waals surface area contributed by atoms with Crippen molar-refractivity contribution in [3.63, 3.8) is 0 Å². The molecule has 2 rings (SSSR count). The summed E-state index contributed by atoms with van der Waals surface area (Å²) < 4.78 is 5.32. The number of nitrogens with zero attached hydrogens (tertiary/aromatic N) is 2. The summed E-state index contributed by atoms with van der Waals surface area (Å²) in [7, 11) is 6.01. The lowest BCUT2D eigenvalue weighted by atomic mass is 10.1. The van der Waals surface area contributed by atoms with Crippen molar-refractivity contribution in [1.82, 2.24) is 4.90 Å². The van der Waals surface area contributed by atoms with Crippen LogP contribution in [0.25, 0.3) is 6.08 Å². The van der Waals surface area contributed by atoms with Gasteiger partial charge in [0, 0.05) is 40.5 Å². The van der Waals surface area contributed by atoms with Crippen LogP contribution in [-0.4, -0.2) is 44.5 Å². The van der Waals surface area contributed by atoms with Crippen molar-refractivity contribution >= 4 is 29.3 Å². The molecule has 2 aromatic carbocycles. The molecule has 6 heteroatoms. The molecule has 0 spiro atoms. The third kappa shape index (κ3) is 12.5. The topological polar surface area (TPSA) is 61.9 Å². The van der Waals surface area contributed by atoms with Gasteiger partial charge < -0.3 is 19.9 Å². The van der Waals surface area contributed by atoms with Gasteiger partial charge in [-0.15, -0.1) is 0 Å². The number of carbonyl (C=O) groups is 2. The van der Waals surface area contributed by atoms with Gasteiger partial charge in [-0.2, -0.15) is 0 Å². The molecule has 0 bridgehead atoms. The van der Waals surface area contributed by atoms with Crippen molar-refractivity contribution in [2.45, 2.75) is 71.3 Å². The lowest BCUT2D eigenvalue weighted by Gasteiger charge is -2.19. The average Bonchev–Trinajstić information content (AvgIpc) is 2.88. The summed E-state index contributed by atoms with van der Waals surface area (Å²) in [6, 6.07) is 16.1. The van der Waals surface area contributed by atoms with Crippen LogP contribution >= 0.6 is 0 Å². The molecule has 1 N–H and O–H groups in total. The molecular formula is C31H45N3O3.